The van der Waals surface area contributed by atoms with E-state index in [4.69, 9.17) is 20.1 Å². The molecule has 5 atom stereocenters. The number of anilines is 1. The van der Waals surface area contributed by atoms with Crippen LogP contribution in [0.5, 0.6) is 11.5 Å². The Balaban J connectivity index is 1.13. The van der Waals surface area contributed by atoms with Crippen molar-refractivity contribution < 1.29 is 58.8 Å². The lowest BCUT2D eigenvalue weighted by atomic mass is 9.63. The quantitative estimate of drug-likeness (QED) is 0.0968. The highest BCUT2D eigenvalue weighted by Gasteiger charge is 2.63. The van der Waals surface area contributed by atoms with Crippen molar-refractivity contribution in [2.75, 3.05) is 12.3 Å². The number of aromatic nitrogens is 3. The van der Waals surface area contributed by atoms with Gasteiger partial charge in [-0.2, -0.15) is 5.06 Å². The molecule has 7 N–H and O–H groups in total. The van der Waals surface area contributed by atoms with Gasteiger partial charge < -0.3 is 41.1 Å². The molecule has 276 valence electrons. The first-order chi connectivity index (χ1) is 24.5. The lowest BCUT2D eigenvalue weighted by Gasteiger charge is -2.44. The summed E-state index contributed by atoms with van der Waals surface area (Å²) in [7, 11) is 0. The number of thiazole rings is 1. The van der Waals surface area contributed by atoms with Gasteiger partial charge in [0.25, 0.3) is 11.8 Å². The lowest BCUT2D eigenvalue weighted by Crippen LogP contribution is -2.57. The molecule has 2 saturated heterocycles. The second-order valence-corrected chi connectivity index (χ2v) is 14.8. The third-order valence-electron chi connectivity index (χ3n) is 10.8. The van der Waals surface area contributed by atoms with E-state index in [1.165, 1.54) is 5.38 Å². The molecule has 2 saturated carbocycles. The normalized spacial score (nSPS) is 29.7. The van der Waals surface area contributed by atoms with E-state index in [1.807, 2.05) is 0 Å². The summed E-state index contributed by atoms with van der Waals surface area (Å²) >= 11 is 0.963. The van der Waals surface area contributed by atoms with E-state index in [0.717, 1.165) is 51.6 Å². The Bertz CT molecular complexity index is 2120. The third-order valence-corrected chi connectivity index (χ3v) is 11.4. The molecule has 20 nitrogen and oxygen atoms in total. The average molecular weight is 744 g/mol. The summed E-state index contributed by atoms with van der Waals surface area (Å²) in [6.07, 6.45) is 3.16. The van der Waals surface area contributed by atoms with Gasteiger partial charge in [-0.25, -0.2) is 24.2 Å². The Morgan fingerprint density at radius 1 is 1.06 bits per heavy atom. The average Bonchev–Trinajstić information content (AvgIpc) is 3.85. The van der Waals surface area contributed by atoms with Gasteiger partial charge >= 0.3 is 29.3 Å². The van der Waals surface area contributed by atoms with Crippen LogP contribution >= 0.6 is 11.3 Å². The number of nitrogens with one attached hydrogen (secondary N) is 1. The molecule has 4 aliphatic rings. The molecule has 7 rings (SSSR count). The van der Waals surface area contributed by atoms with E-state index in [1.54, 1.807) is 0 Å². The van der Waals surface area contributed by atoms with Gasteiger partial charge in [0.2, 0.25) is 5.60 Å². The van der Waals surface area contributed by atoms with Gasteiger partial charge in [0.1, 0.15) is 24.4 Å². The SMILES string of the molecule is CC1(C)C2CCC1CC(O/N=C(\C(=O)N[C@H]1CON(C3(C(=O)O)CC(n4cc5cc(O)c(O)cn5c4=O)C(=O)O3)C1=O)c1csc(N)n1)(C(=O)O)C2. The van der Waals surface area contributed by atoms with E-state index in [2.05, 4.69) is 29.3 Å². The summed E-state index contributed by atoms with van der Waals surface area (Å²) < 4.78 is 6.95. The van der Waals surface area contributed by atoms with Crippen LogP contribution < -0.4 is 16.7 Å². The molecule has 2 aliphatic heterocycles. The second kappa shape index (κ2) is 11.9. The molecule has 2 aliphatic carbocycles. The van der Waals surface area contributed by atoms with Crippen molar-refractivity contribution in [3.63, 3.8) is 0 Å². The molecule has 2 bridgehead atoms. The number of fused-ring (bicyclic) bond motifs is 3. The predicted octanol–water partition coefficient (Wildman–Crippen LogP) is 0.169. The van der Waals surface area contributed by atoms with Crippen molar-refractivity contribution in [1.29, 1.82) is 0 Å². The number of aromatic hydroxyl groups is 2. The van der Waals surface area contributed by atoms with Crippen LogP contribution in [0.3, 0.4) is 0 Å². The standard InChI is InChI=1S/C31H33N7O13S/c1-29(2)13-3-4-14(29)7-30(6-13,25(44)45)51-35-21(17-12-52-27(32)34-17)22(41)33-16-11-49-38(23(16)42)31(26(46)47)8-18(24(43)50-31)37-9-15-5-19(39)20(40)10-36(15)28(37)48/h5,9-10,12-14,16,18,39-40H,3-4,6-8,11H2,1-2H3,(H2,32,34)(H,33,41)(H,44,45)(H,46,47)/b35-21-/t13?,14?,16-,18?,30?,31?/m0/s1. The van der Waals surface area contributed by atoms with Crippen molar-refractivity contribution in [3.05, 3.63) is 40.0 Å². The molecular weight excluding hydrogens is 710 g/mol. The zero-order valence-electron chi connectivity index (χ0n) is 27.5. The maximum Gasteiger partial charge on any atom is 0.372 e. The Labute approximate surface area is 295 Å². The third kappa shape index (κ3) is 5.29. The molecule has 0 aromatic carbocycles. The van der Waals surface area contributed by atoms with Crippen LogP contribution in [0.4, 0.5) is 5.13 Å². The number of esters is 1. The van der Waals surface area contributed by atoms with Crippen LogP contribution in [0, 0.1) is 17.3 Å². The molecule has 2 amide bonds. The first-order valence-electron chi connectivity index (χ1n) is 16.1. The molecular formula is C31H33N7O13S. The predicted molar refractivity (Wildman–Crippen MR) is 174 cm³/mol. The van der Waals surface area contributed by atoms with E-state index < -0.39 is 89.1 Å². The monoisotopic (exact) mass is 743 g/mol. The fourth-order valence-electron chi connectivity index (χ4n) is 7.68. The number of oxime groups is 1. The van der Waals surface area contributed by atoms with Gasteiger partial charge in [-0.15, -0.1) is 11.3 Å². The number of pyridine rings is 1. The zero-order chi connectivity index (χ0) is 37.5. The first-order valence-corrected chi connectivity index (χ1v) is 17.0. The number of rotatable bonds is 9. The smallest absolute Gasteiger partial charge is 0.372 e. The number of nitrogens with zero attached hydrogens (tertiary/aromatic N) is 5. The first kappa shape index (κ1) is 34.7. The number of ether oxygens (including phenoxy) is 1. The second-order valence-electron chi connectivity index (χ2n) is 13.9. The fraction of sp³-hybridized carbons (Fsp3) is 0.484. The molecule has 3 aromatic rings. The maximum absolute atomic E-state index is 13.7. The minimum atomic E-state index is -2.78. The summed E-state index contributed by atoms with van der Waals surface area (Å²) in [5.74, 6) is -7.59. The molecule has 3 aromatic heterocycles. The van der Waals surface area contributed by atoms with Gasteiger partial charge in [0, 0.05) is 30.5 Å². The lowest BCUT2D eigenvalue weighted by molar-refractivity contribution is -0.256. The van der Waals surface area contributed by atoms with Gasteiger partial charge in [0.05, 0.1) is 18.1 Å². The van der Waals surface area contributed by atoms with Gasteiger partial charge in [-0.3, -0.25) is 23.4 Å². The highest BCUT2D eigenvalue weighted by Crippen LogP contribution is 2.58. The topological polar surface area (TPSA) is 287 Å². The highest BCUT2D eigenvalue weighted by molar-refractivity contribution is 7.13. The summed E-state index contributed by atoms with van der Waals surface area (Å²) in [4.78, 5) is 94.0. The number of aliphatic carboxylic acids is 2. The molecule has 21 heteroatoms. The van der Waals surface area contributed by atoms with Crippen molar-refractivity contribution in [3.8, 4) is 11.5 Å². The van der Waals surface area contributed by atoms with E-state index in [9.17, 15) is 49.2 Å². The van der Waals surface area contributed by atoms with Crippen LogP contribution in [0.2, 0.25) is 0 Å². The summed E-state index contributed by atoms with van der Waals surface area (Å²) in [5.41, 5.74) is -0.247. The number of carboxylic acid groups (broad SMARTS) is 2. The van der Waals surface area contributed by atoms with Crippen LogP contribution in [0.25, 0.3) is 5.52 Å². The Hall–Kier alpha value is -5.70. The Kier molecular flexibility index (Phi) is 7.97. The highest BCUT2D eigenvalue weighted by atomic mass is 32.1. The molecule has 5 heterocycles. The van der Waals surface area contributed by atoms with Crippen LogP contribution in [-0.4, -0.2) is 98.8 Å². The molecule has 4 fully saturated rings. The van der Waals surface area contributed by atoms with E-state index >= 15 is 0 Å². The van der Waals surface area contributed by atoms with Gasteiger partial charge in [-0.1, -0.05) is 19.0 Å². The number of hydroxylamine groups is 2. The minimum Gasteiger partial charge on any atom is -0.504 e. The number of nitrogens with two attached hydrogens (primary N) is 1. The Morgan fingerprint density at radius 3 is 2.37 bits per heavy atom. The van der Waals surface area contributed by atoms with Crippen LogP contribution in [-0.2, 0) is 38.4 Å². The number of cyclic esters (lactones) is 1. The Morgan fingerprint density at radius 2 is 1.75 bits per heavy atom. The van der Waals surface area contributed by atoms with Gasteiger partial charge in [-0.05, 0) is 30.1 Å². The molecule has 52 heavy (non-hydrogen) atoms. The number of hydrogen-bond acceptors (Lipinski definition) is 15. The van der Waals surface area contributed by atoms with E-state index in [0.29, 0.717) is 5.06 Å². The molecule has 0 radical (unpaired) electrons. The summed E-state index contributed by atoms with van der Waals surface area (Å²) in [5, 5.41) is 48.3. The van der Waals surface area contributed by atoms with Crippen molar-refractivity contribution in [1.82, 2.24) is 24.3 Å². The number of nitrogen functional groups attached to an aromatic ring is 1. The number of carbonyl (C=O) groups excluding carboxylic acids is 3. The minimum absolute atomic E-state index is 0.0344. The number of amides is 2. The van der Waals surface area contributed by atoms with Crippen LogP contribution in [0.1, 0.15) is 57.7 Å². The fourth-order valence-corrected chi connectivity index (χ4v) is 8.23. The summed E-state index contributed by atoms with van der Waals surface area (Å²) in [6.45, 7) is 3.56. The number of imidazole rings is 1. The summed E-state index contributed by atoms with van der Waals surface area (Å²) in [6, 6.07) is -2.11. The van der Waals surface area contributed by atoms with Crippen molar-refractivity contribution >= 4 is 57.4 Å². The number of carboxylic acids is 2. The maximum atomic E-state index is 13.7. The van der Waals surface area contributed by atoms with Crippen molar-refractivity contribution in [2.24, 2.45) is 22.4 Å². The van der Waals surface area contributed by atoms with Gasteiger partial charge in [0.15, 0.2) is 22.3 Å². The molecule has 4 unspecified atom stereocenters. The van der Waals surface area contributed by atoms with Crippen LogP contribution in [0.15, 0.2) is 33.8 Å². The zero-order valence-corrected chi connectivity index (χ0v) is 28.4. The van der Waals surface area contributed by atoms with E-state index in [-0.39, 0.29) is 46.4 Å². The number of carbonyl (C=O) groups is 5. The number of hydrogen-bond donors (Lipinski definition) is 6. The van der Waals surface area contributed by atoms with Crippen molar-refractivity contribution in [2.45, 2.75) is 69.4 Å². The molecule has 0 spiro atoms. The largest absolute Gasteiger partial charge is 0.504 e.